The summed E-state index contributed by atoms with van der Waals surface area (Å²) in [4.78, 5) is 0. The van der Waals surface area contributed by atoms with Crippen LogP contribution in [0.2, 0.25) is 0 Å². The van der Waals surface area contributed by atoms with Gasteiger partial charge < -0.3 is 5.11 Å². The maximum absolute atomic E-state index is 9.97. The molecule has 5 rings (SSSR count). The fraction of sp³-hybridized carbons (Fsp3) is 0.273. The molecule has 1 fully saturated rings. The van der Waals surface area contributed by atoms with Crippen LogP contribution in [0.25, 0.3) is 5.57 Å². The lowest BCUT2D eigenvalue weighted by molar-refractivity contribution is 0.273. The van der Waals surface area contributed by atoms with Crippen LogP contribution in [0.15, 0.2) is 78.4 Å². The molecule has 0 spiro atoms. The molecule has 1 N–H and O–H groups in total. The Bertz CT molecular complexity index is 787. The summed E-state index contributed by atoms with van der Waals surface area (Å²) in [6.45, 7) is 0.198. The third kappa shape index (κ3) is 1.71. The first-order valence-corrected chi connectivity index (χ1v) is 8.52. The molecule has 0 aromatic heterocycles. The molecule has 2 aromatic rings. The van der Waals surface area contributed by atoms with E-state index in [0.29, 0.717) is 29.6 Å². The van der Waals surface area contributed by atoms with Gasteiger partial charge in [-0.2, -0.15) is 0 Å². The smallest absolute Gasteiger partial charge is 0.0650 e. The zero-order chi connectivity index (χ0) is 15.4. The first-order chi connectivity index (χ1) is 11.4. The van der Waals surface area contributed by atoms with Crippen molar-refractivity contribution in [2.75, 3.05) is 6.61 Å². The van der Waals surface area contributed by atoms with E-state index >= 15 is 0 Å². The Kier molecular flexibility index (Phi) is 2.86. The summed E-state index contributed by atoms with van der Waals surface area (Å²) < 4.78 is 0. The maximum atomic E-state index is 9.97. The van der Waals surface area contributed by atoms with E-state index in [0.717, 1.165) is 0 Å². The van der Waals surface area contributed by atoms with Crippen molar-refractivity contribution in [2.45, 2.75) is 5.92 Å². The summed E-state index contributed by atoms with van der Waals surface area (Å²) in [6.07, 6.45) is 4.83. The number of aliphatic hydroxyl groups excluding tert-OH is 1. The highest BCUT2D eigenvalue weighted by Crippen LogP contribution is 2.68. The van der Waals surface area contributed by atoms with Crippen LogP contribution in [-0.4, -0.2) is 11.7 Å². The topological polar surface area (TPSA) is 20.2 Å². The van der Waals surface area contributed by atoms with Gasteiger partial charge in [-0.15, -0.1) is 0 Å². The van der Waals surface area contributed by atoms with Crippen molar-refractivity contribution < 1.29 is 5.11 Å². The van der Waals surface area contributed by atoms with Gasteiger partial charge in [0.1, 0.15) is 0 Å². The van der Waals surface area contributed by atoms with Gasteiger partial charge in [0.05, 0.1) is 6.61 Å². The van der Waals surface area contributed by atoms with Gasteiger partial charge >= 0.3 is 0 Å². The first kappa shape index (κ1) is 13.3. The summed E-state index contributed by atoms with van der Waals surface area (Å²) in [5.41, 5.74) is 5.44. The number of rotatable bonds is 3. The summed E-state index contributed by atoms with van der Waals surface area (Å²) in [5.74, 6) is 2.84. The number of benzene rings is 2. The van der Waals surface area contributed by atoms with E-state index in [9.17, 15) is 5.11 Å². The number of hydrogen-bond acceptors (Lipinski definition) is 1. The van der Waals surface area contributed by atoms with E-state index in [-0.39, 0.29) is 6.61 Å². The number of aliphatic hydroxyl groups is 1. The van der Waals surface area contributed by atoms with Crippen LogP contribution in [0.3, 0.4) is 0 Å². The molecule has 3 aliphatic rings. The minimum atomic E-state index is 0.198. The zero-order valence-electron chi connectivity index (χ0n) is 13.0. The molecule has 1 nitrogen and oxygen atoms in total. The Labute approximate surface area is 137 Å². The highest BCUT2D eigenvalue weighted by atomic mass is 16.3. The van der Waals surface area contributed by atoms with E-state index in [1.165, 1.54) is 22.3 Å². The molecule has 1 heteroatoms. The molecule has 1 saturated carbocycles. The molecule has 3 aliphatic carbocycles. The molecule has 2 bridgehead atoms. The summed E-state index contributed by atoms with van der Waals surface area (Å²) in [6, 6.07) is 21.6. The second-order valence-electron chi connectivity index (χ2n) is 6.99. The Morgan fingerprint density at radius 2 is 1.30 bits per heavy atom. The first-order valence-electron chi connectivity index (χ1n) is 8.52. The quantitative estimate of drug-likeness (QED) is 0.839. The van der Waals surface area contributed by atoms with Crippen LogP contribution < -0.4 is 0 Å². The minimum absolute atomic E-state index is 0.198. The zero-order valence-corrected chi connectivity index (χ0v) is 13.0. The second-order valence-corrected chi connectivity index (χ2v) is 6.99. The van der Waals surface area contributed by atoms with Crippen molar-refractivity contribution in [1.82, 2.24) is 0 Å². The Balaban J connectivity index is 1.57. The van der Waals surface area contributed by atoms with Gasteiger partial charge in [-0.1, -0.05) is 72.8 Å². The molecule has 0 heterocycles. The van der Waals surface area contributed by atoms with Crippen LogP contribution in [0.5, 0.6) is 0 Å². The highest BCUT2D eigenvalue weighted by Gasteiger charge is 2.59. The molecule has 2 aromatic carbocycles. The lowest BCUT2D eigenvalue weighted by Gasteiger charge is -2.43. The summed E-state index contributed by atoms with van der Waals surface area (Å²) >= 11 is 0. The van der Waals surface area contributed by atoms with Crippen molar-refractivity contribution >= 4 is 5.57 Å². The molecular formula is C22H20O. The van der Waals surface area contributed by atoms with Gasteiger partial charge in [0.2, 0.25) is 0 Å². The average molecular weight is 300 g/mol. The second kappa shape index (κ2) is 4.94. The van der Waals surface area contributed by atoms with Crippen LogP contribution in [-0.2, 0) is 0 Å². The SMILES string of the molecule is OCC1=C(c2ccccc2)[C@H]2[C@@H]3C=C[C@H]([C@@H]12)[C@@H]3c1ccccc1. The molecule has 0 unspecified atom stereocenters. The Morgan fingerprint density at radius 3 is 1.96 bits per heavy atom. The van der Waals surface area contributed by atoms with Crippen molar-refractivity contribution in [3.05, 3.63) is 89.5 Å². The van der Waals surface area contributed by atoms with Crippen LogP contribution in [0, 0.1) is 23.7 Å². The van der Waals surface area contributed by atoms with E-state index in [4.69, 9.17) is 0 Å². The van der Waals surface area contributed by atoms with Crippen molar-refractivity contribution in [2.24, 2.45) is 23.7 Å². The summed E-state index contributed by atoms with van der Waals surface area (Å²) in [5, 5.41) is 9.97. The largest absolute Gasteiger partial charge is 0.392 e. The van der Waals surface area contributed by atoms with Gasteiger partial charge in [-0.3, -0.25) is 0 Å². The van der Waals surface area contributed by atoms with Gasteiger partial charge in [0, 0.05) is 0 Å². The Morgan fingerprint density at radius 1 is 0.696 bits per heavy atom. The number of hydrogen-bond donors (Lipinski definition) is 1. The fourth-order valence-corrected chi connectivity index (χ4v) is 5.34. The standard InChI is InChI=1S/C22H20O/c23-13-18-20(15-9-5-2-6-10-15)22-17-12-11-16(21(18)22)19(17)14-7-3-1-4-8-14/h1-12,16-17,19,21-23H,13H2/t16-,17+,19-,21-,22+/m0/s1. The van der Waals surface area contributed by atoms with Crippen LogP contribution in [0.1, 0.15) is 17.0 Å². The van der Waals surface area contributed by atoms with Crippen molar-refractivity contribution in [1.29, 1.82) is 0 Å². The molecule has 114 valence electrons. The van der Waals surface area contributed by atoms with Crippen LogP contribution >= 0.6 is 0 Å². The molecule has 0 aliphatic heterocycles. The average Bonchev–Trinajstić information content (AvgIpc) is 3.10. The predicted octanol–water partition coefficient (Wildman–Crippen LogP) is 4.28. The number of fused-ring (bicyclic) bond motifs is 5. The predicted molar refractivity (Wildman–Crippen MR) is 92.7 cm³/mol. The molecule has 5 atom stereocenters. The minimum Gasteiger partial charge on any atom is -0.392 e. The van der Waals surface area contributed by atoms with E-state index in [1.54, 1.807) is 0 Å². The lowest BCUT2D eigenvalue weighted by Crippen LogP contribution is -2.34. The van der Waals surface area contributed by atoms with Crippen LogP contribution in [0.4, 0.5) is 0 Å². The molecule has 0 saturated heterocycles. The van der Waals surface area contributed by atoms with Crippen molar-refractivity contribution in [3.63, 3.8) is 0 Å². The third-order valence-corrected chi connectivity index (χ3v) is 6.12. The number of allylic oxidation sites excluding steroid dienone is 3. The van der Waals surface area contributed by atoms with Gasteiger partial charge in [-0.25, -0.2) is 0 Å². The van der Waals surface area contributed by atoms with Gasteiger partial charge in [0.25, 0.3) is 0 Å². The Hall–Kier alpha value is -2.12. The molecule has 0 amide bonds. The molecular weight excluding hydrogens is 280 g/mol. The van der Waals surface area contributed by atoms with E-state index < -0.39 is 0 Å². The lowest BCUT2D eigenvalue weighted by atomic mass is 9.61. The monoisotopic (exact) mass is 300 g/mol. The maximum Gasteiger partial charge on any atom is 0.0650 e. The van der Waals surface area contributed by atoms with E-state index in [2.05, 4.69) is 72.8 Å². The van der Waals surface area contributed by atoms with Crippen molar-refractivity contribution in [3.8, 4) is 0 Å². The van der Waals surface area contributed by atoms with Gasteiger partial charge in [-0.05, 0) is 51.9 Å². The van der Waals surface area contributed by atoms with E-state index in [1.807, 2.05) is 0 Å². The summed E-state index contributed by atoms with van der Waals surface area (Å²) in [7, 11) is 0. The normalized spacial score (nSPS) is 33.7. The van der Waals surface area contributed by atoms with Gasteiger partial charge in [0.15, 0.2) is 0 Å². The highest BCUT2D eigenvalue weighted by molar-refractivity contribution is 5.80. The fourth-order valence-electron chi connectivity index (χ4n) is 5.34. The molecule has 0 radical (unpaired) electrons. The third-order valence-electron chi connectivity index (χ3n) is 6.12. The molecule has 23 heavy (non-hydrogen) atoms.